The first-order valence-corrected chi connectivity index (χ1v) is 3.55. The van der Waals surface area contributed by atoms with Crippen LogP contribution in [0.15, 0.2) is 11.9 Å². The maximum Gasteiger partial charge on any atom is 0.181 e. The average Bonchev–Trinajstić information content (AvgIpc) is 2.05. The number of carbonyl (C=O) groups excluding carboxylic acids is 1. The average molecular weight is 156 g/mol. The second-order valence-electron chi connectivity index (χ2n) is 2.42. The highest BCUT2D eigenvalue weighted by Gasteiger charge is 2.15. The lowest BCUT2D eigenvalue weighted by atomic mass is 10.1. The van der Waals surface area contributed by atoms with Crippen LogP contribution in [-0.2, 0) is 4.79 Å². The van der Waals surface area contributed by atoms with Gasteiger partial charge in [-0.05, 0) is 0 Å². The van der Waals surface area contributed by atoms with Crippen LogP contribution < -0.4 is 5.32 Å². The van der Waals surface area contributed by atoms with E-state index in [-0.39, 0.29) is 12.5 Å². The number of aliphatic hydroxyl groups is 1. The van der Waals surface area contributed by atoms with Crippen LogP contribution >= 0.6 is 0 Å². The highest BCUT2D eigenvalue weighted by atomic mass is 16.3. The van der Waals surface area contributed by atoms with Gasteiger partial charge in [-0.1, -0.05) is 0 Å². The first-order chi connectivity index (χ1) is 5.27. The van der Waals surface area contributed by atoms with Gasteiger partial charge < -0.3 is 15.3 Å². The normalized spacial score (nSPS) is 18.2. The molecule has 1 aliphatic rings. The third-order valence-corrected chi connectivity index (χ3v) is 1.69. The van der Waals surface area contributed by atoms with Crippen molar-refractivity contribution in [2.75, 3.05) is 20.3 Å². The van der Waals surface area contributed by atoms with Crippen LogP contribution in [0.1, 0.15) is 6.42 Å². The SMILES string of the molecule is CNC1=CN(CO)CCC1=O. The summed E-state index contributed by atoms with van der Waals surface area (Å²) in [6, 6.07) is 0. The summed E-state index contributed by atoms with van der Waals surface area (Å²) in [6.45, 7) is 0.582. The van der Waals surface area contributed by atoms with E-state index in [9.17, 15) is 4.79 Å². The molecule has 0 fully saturated rings. The summed E-state index contributed by atoms with van der Waals surface area (Å²) in [5.74, 6) is 0.109. The van der Waals surface area contributed by atoms with Crippen LogP contribution in [0.5, 0.6) is 0 Å². The fraction of sp³-hybridized carbons (Fsp3) is 0.571. The predicted octanol–water partition coefficient (Wildman–Crippen LogP) is -0.728. The Morgan fingerprint density at radius 2 is 2.55 bits per heavy atom. The molecule has 0 unspecified atom stereocenters. The number of Topliss-reactive ketones (excluding diaryl/α,β-unsaturated/α-hetero) is 1. The Hall–Kier alpha value is -1.03. The fourth-order valence-corrected chi connectivity index (χ4v) is 1.01. The summed E-state index contributed by atoms with van der Waals surface area (Å²) < 4.78 is 0. The van der Waals surface area contributed by atoms with Gasteiger partial charge in [-0.3, -0.25) is 4.79 Å². The predicted molar refractivity (Wildman–Crippen MR) is 40.6 cm³/mol. The minimum Gasteiger partial charge on any atom is -0.384 e. The number of carbonyl (C=O) groups is 1. The van der Waals surface area contributed by atoms with E-state index in [0.29, 0.717) is 18.7 Å². The van der Waals surface area contributed by atoms with Crippen molar-refractivity contribution in [1.29, 1.82) is 0 Å². The van der Waals surface area contributed by atoms with Gasteiger partial charge in [-0.15, -0.1) is 0 Å². The molecule has 4 nitrogen and oxygen atoms in total. The van der Waals surface area contributed by atoms with E-state index < -0.39 is 0 Å². The topological polar surface area (TPSA) is 52.6 Å². The molecule has 0 saturated carbocycles. The van der Waals surface area contributed by atoms with Gasteiger partial charge in [-0.2, -0.15) is 0 Å². The van der Waals surface area contributed by atoms with Crippen molar-refractivity contribution >= 4 is 5.78 Å². The molecular formula is C7H12N2O2. The highest BCUT2D eigenvalue weighted by molar-refractivity contribution is 5.95. The van der Waals surface area contributed by atoms with Gasteiger partial charge in [-0.25, -0.2) is 0 Å². The summed E-state index contributed by atoms with van der Waals surface area (Å²) in [6.07, 6.45) is 2.12. The quantitative estimate of drug-likeness (QED) is 0.553. The monoisotopic (exact) mass is 156 g/mol. The second-order valence-corrected chi connectivity index (χ2v) is 2.42. The van der Waals surface area contributed by atoms with Crippen LogP contribution in [0, 0.1) is 0 Å². The van der Waals surface area contributed by atoms with Gasteiger partial charge in [0.05, 0.1) is 5.70 Å². The molecule has 4 heteroatoms. The van der Waals surface area contributed by atoms with Crippen molar-refractivity contribution in [3.8, 4) is 0 Å². The Balaban J connectivity index is 2.68. The summed E-state index contributed by atoms with van der Waals surface area (Å²) in [4.78, 5) is 12.7. The van der Waals surface area contributed by atoms with Crippen molar-refractivity contribution in [1.82, 2.24) is 10.2 Å². The van der Waals surface area contributed by atoms with Gasteiger partial charge >= 0.3 is 0 Å². The van der Waals surface area contributed by atoms with Gasteiger partial charge in [0.2, 0.25) is 0 Å². The Morgan fingerprint density at radius 1 is 1.82 bits per heavy atom. The number of allylic oxidation sites excluding steroid dienone is 1. The number of hydrogen-bond donors (Lipinski definition) is 2. The third kappa shape index (κ3) is 1.71. The first-order valence-electron chi connectivity index (χ1n) is 3.55. The van der Waals surface area contributed by atoms with Crippen molar-refractivity contribution < 1.29 is 9.90 Å². The molecule has 0 aliphatic carbocycles. The van der Waals surface area contributed by atoms with E-state index in [1.54, 1.807) is 18.1 Å². The first kappa shape index (κ1) is 8.07. The number of likely N-dealkylation sites (N-methyl/N-ethyl adjacent to an activating group) is 1. The van der Waals surface area contributed by atoms with Crippen LogP contribution in [0.4, 0.5) is 0 Å². The summed E-state index contributed by atoms with van der Waals surface area (Å²) in [5.41, 5.74) is 0.574. The van der Waals surface area contributed by atoms with E-state index in [1.165, 1.54) is 0 Å². The van der Waals surface area contributed by atoms with Crippen molar-refractivity contribution in [2.24, 2.45) is 0 Å². The molecular weight excluding hydrogens is 144 g/mol. The fourth-order valence-electron chi connectivity index (χ4n) is 1.01. The molecule has 1 rings (SSSR count). The van der Waals surface area contributed by atoms with E-state index in [2.05, 4.69) is 5.32 Å². The van der Waals surface area contributed by atoms with E-state index >= 15 is 0 Å². The van der Waals surface area contributed by atoms with Gasteiger partial charge in [0.25, 0.3) is 0 Å². The number of ketones is 1. The van der Waals surface area contributed by atoms with Crippen molar-refractivity contribution in [2.45, 2.75) is 6.42 Å². The molecule has 0 bridgehead atoms. The standard InChI is InChI=1S/C7H12N2O2/c1-8-6-4-9(5-10)3-2-7(6)11/h4,8,10H,2-3,5H2,1H3. The molecule has 1 aliphatic heterocycles. The van der Waals surface area contributed by atoms with Gasteiger partial charge in [0.15, 0.2) is 5.78 Å². The van der Waals surface area contributed by atoms with Crippen LogP contribution in [0.2, 0.25) is 0 Å². The molecule has 0 aromatic carbocycles. The molecule has 0 saturated heterocycles. The molecule has 0 aromatic heterocycles. The zero-order valence-corrected chi connectivity index (χ0v) is 6.50. The lowest BCUT2D eigenvalue weighted by molar-refractivity contribution is -0.117. The van der Waals surface area contributed by atoms with Crippen molar-refractivity contribution in [3.05, 3.63) is 11.9 Å². The Bertz CT molecular complexity index is 189. The highest BCUT2D eigenvalue weighted by Crippen LogP contribution is 2.06. The maximum absolute atomic E-state index is 11.0. The number of nitrogens with one attached hydrogen (secondary N) is 1. The minimum absolute atomic E-state index is 0.0293. The zero-order chi connectivity index (χ0) is 8.27. The van der Waals surface area contributed by atoms with Gasteiger partial charge in [0.1, 0.15) is 6.73 Å². The second kappa shape index (κ2) is 3.39. The van der Waals surface area contributed by atoms with E-state index in [0.717, 1.165) is 0 Å². The van der Waals surface area contributed by atoms with Crippen LogP contribution in [0.3, 0.4) is 0 Å². The molecule has 2 N–H and O–H groups in total. The Kier molecular flexibility index (Phi) is 2.48. The zero-order valence-electron chi connectivity index (χ0n) is 6.50. The number of nitrogens with zero attached hydrogens (tertiary/aromatic N) is 1. The number of rotatable bonds is 2. The summed E-state index contributed by atoms with van der Waals surface area (Å²) >= 11 is 0. The molecule has 0 amide bonds. The smallest absolute Gasteiger partial charge is 0.181 e. The third-order valence-electron chi connectivity index (χ3n) is 1.69. The lowest BCUT2D eigenvalue weighted by Crippen LogP contribution is -2.32. The molecule has 62 valence electrons. The van der Waals surface area contributed by atoms with Gasteiger partial charge in [0, 0.05) is 26.2 Å². The van der Waals surface area contributed by atoms with Crippen molar-refractivity contribution in [3.63, 3.8) is 0 Å². The molecule has 0 aromatic rings. The Labute approximate surface area is 65.5 Å². The molecule has 0 atom stereocenters. The summed E-state index contributed by atoms with van der Waals surface area (Å²) in [5, 5.41) is 11.5. The lowest BCUT2D eigenvalue weighted by Gasteiger charge is -2.23. The van der Waals surface area contributed by atoms with Crippen LogP contribution in [0.25, 0.3) is 0 Å². The van der Waals surface area contributed by atoms with E-state index in [1.807, 2.05) is 0 Å². The number of aliphatic hydroxyl groups excluding tert-OH is 1. The minimum atomic E-state index is -0.0293. The van der Waals surface area contributed by atoms with E-state index in [4.69, 9.17) is 5.11 Å². The summed E-state index contributed by atoms with van der Waals surface area (Å²) in [7, 11) is 1.70. The molecule has 0 spiro atoms. The Morgan fingerprint density at radius 3 is 3.09 bits per heavy atom. The molecule has 11 heavy (non-hydrogen) atoms. The molecule has 0 radical (unpaired) electrons. The van der Waals surface area contributed by atoms with Crippen LogP contribution in [-0.4, -0.2) is 36.1 Å². The number of hydrogen-bond acceptors (Lipinski definition) is 4. The maximum atomic E-state index is 11.0. The largest absolute Gasteiger partial charge is 0.384 e. The molecule has 1 heterocycles.